The number of hydrogen-bond acceptors (Lipinski definition) is 5. The smallest absolute Gasteiger partial charge is 0.230 e. The van der Waals surface area contributed by atoms with Crippen molar-refractivity contribution in [3.05, 3.63) is 65.7 Å². The monoisotopic (exact) mass is 381 g/mol. The van der Waals surface area contributed by atoms with E-state index in [4.69, 9.17) is 5.84 Å². The molecule has 0 radical (unpaired) electrons. The van der Waals surface area contributed by atoms with Crippen molar-refractivity contribution in [2.24, 2.45) is 0 Å². The maximum atomic E-state index is 12.1. The normalized spacial score (nSPS) is 11.9. The second-order valence-electron chi connectivity index (χ2n) is 6.45. The first-order chi connectivity index (χ1) is 13.0. The predicted molar refractivity (Wildman–Crippen MR) is 109 cm³/mol. The van der Waals surface area contributed by atoms with Crippen molar-refractivity contribution in [3.63, 3.8) is 0 Å². The van der Waals surface area contributed by atoms with Crippen LogP contribution < -0.4 is 11.2 Å². The van der Waals surface area contributed by atoms with Gasteiger partial charge >= 0.3 is 0 Å². The summed E-state index contributed by atoms with van der Waals surface area (Å²) in [6.07, 6.45) is 0. The van der Waals surface area contributed by atoms with Crippen molar-refractivity contribution in [1.29, 1.82) is 0 Å². The predicted octanol–water partition coefficient (Wildman–Crippen LogP) is 2.98. The first kappa shape index (κ1) is 19.0. The first-order valence-corrected chi connectivity index (χ1v) is 9.75. The molecule has 0 spiro atoms. The third-order valence-electron chi connectivity index (χ3n) is 4.28. The summed E-state index contributed by atoms with van der Waals surface area (Å²) in [4.78, 5) is 12.1. The van der Waals surface area contributed by atoms with Crippen molar-refractivity contribution in [1.82, 2.24) is 20.2 Å². The number of rotatable bonds is 7. The molecular weight excluding hydrogens is 358 g/mol. The molecule has 0 unspecified atom stereocenters. The van der Waals surface area contributed by atoms with Crippen LogP contribution in [0.2, 0.25) is 0 Å². The van der Waals surface area contributed by atoms with E-state index in [0.29, 0.717) is 17.5 Å². The van der Waals surface area contributed by atoms with Crippen LogP contribution in [0.3, 0.4) is 0 Å². The lowest BCUT2D eigenvalue weighted by Crippen LogP contribution is -2.29. The zero-order valence-corrected chi connectivity index (χ0v) is 16.2. The van der Waals surface area contributed by atoms with Crippen LogP contribution >= 0.6 is 11.8 Å². The van der Waals surface area contributed by atoms with E-state index >= 15 is 0 Å². The Hall–Kier alpha value is -2.80. The van der Waals surface area contributed by atoms with E-state index in [9.17, 15) is 4.79 Å². The summed E-state index contributed by atoms with van der Waals surface area (Å²) in [5.41, 5.74) is 3.26. The van der Waals surface area contributed by atoms with Crippen LogP contribution in [0.25, 0.3) is 11.4 Å². The van der Waals surface area contributed by atoms with Gasteiger partial charge in [0.05, 0.1) is 5.75 Å². The van der Waals surface area contributed by atoms with Gasteiger partial charge in [0, 0.05) is 12.1 Å². The van der Waals surface area contributed by atoms with Crippen LogP contribution in [0.1, 0.15) is 24.0 Å². The van der Waals surface area contributed by atoms with E-state index in [1.807, 2.05) is 49.4 Å². The number of amides is 1. The van der Waals surface area contributed by atoms with E-state index in [1.54, 1.807) is 0 Å². The number of aryl methyl sites for hydroxylation is 1. The van der Waals surface area contributed by atoms with Gasteiger partial charge in [0.2, 0.25) is 11.1 Å². The number of nitrogens with two attached hydrogens (primary N) is 1. The molecular formula is C20H23N5OS. The third-order valence-corrected chi connectivity index (χ3v) is 5.22. The molecule has 0 bridgehead atoms. The number of hydrogen-bond donors (Lipinski definition) is 2. The summed E-state index contributed by atoms with van der Waals surface area (Å²) >= 11 is 1.27. The summed E-state index contributed by atoms with van der Waals surface area (Å²) in [5, 5.41) is 11.7. The molecule has 27 heavy (non-hydrogen) atoms. The Labute approximate surface area is 163 Å². The fourth-order valence-electron chi connectivity index (χ4n) is 2.62. The Bertz CT molecular complexity index is 892. The average Bonchev–Trinajstić information content (AvgIpc) is 3.06. The fraction of sp³-hybridized carbons (Fsp3) is 0.250. The summed E-state index contributed by atoms with van der Waals surface area (Å²) in [7, 11) is 0. The molecule has 3 N–H and O–H groups in total. The molecule has 0 aliphatic rings. The molecule has 0 saturated heterocycles. The molecule has 3 aromatic rings. The van der Waals surface area contributed by atoms with Crippen LogP contribution in [0.4, 0.5) is 0 Å². The highest BCUT2D eigenvalue weighted by molar-refractivity contribution is 7.99. The van der Waals surface area contributed by atoms with E-state index in [2.05, 4.69) is 34.6 Å². The van der Waals surface area contributed by atoms with Crippen molar-refractivity contribution in [2.75, 3.05) is 18.1 Å². The number of nitrogens with zero attached hydrogens (tertiary/aromatic N) is 3. The lowest BCUT2D eigenvalue weighted by Gasteiger charge is -2.12. The minimum Gasteiger partial charge on any atom is -0.355 e. The van der Waals surface area contributed by atoms with E-state index in [0.717, 1.165) is 11.1 Å². The number of nitrogens with one attached hydrogen (secondary N) is 1. The average molecular weight is 382 g/mol. The van der Waals surface area contributed by atoms with Gasteiger partial charge in [-0.05, 0) is 18.4 Å². The van der Waals surface area contributed by atoms with Crippen LogP contribution in [-0.4, -0.2) is 33.1 Å². The number of thioether (sulfide) groups is 1. The molecule has 1 atom stereocenters. The molecule has 2 aromatic carbocycles. The van der Waals surface area contributed by atoms with Gasteiger partial charge in [0.15, 0.2) is 5.82 Å². The molecule has 1 amide bonds. The maximum absolute atomic E-state index is 12.1. The minimum atomic E-state index is -0.0531. The van der Waals surface area contributed by atoms with Crippen molar-refractivity contribution < 1.29 is 4.79 Å². The zero-order valence-electron chi connectivity index (χ0n) is 15.4. The second-order valence-corrected chi connectivity index (χ2v) is 7.39. The lowest BCUT2D eigenvalue weighted by molar-refractivity contribution is -0.118. The third kappa shape index (κ3) is 4.89. The van der Waals surface area contributed by atoms with Crippen LogP contribution in [0.15, 0.2) is 59.8 Å². The van der Waals surface area contributed by atoms with Crippen molar-refractivity contribution in [2.45, 2.75) is 24.9 Å². The highest BCUT2D eigenvalue weighted by Gasteiger charge is 2.14. The minimum absolute atomic E-state index is 0.0531. The molecule has 7 heteroatoms. The van der Waals surface area contributed by atoms with E-state index < -0.39 is 0 Å². The summed E-state index contributed by atoms with van der Waals surface area (Å²) < 4.78 is 1.43. The Kier molecular flexibility index (Phi) is 6.13. The zero-order chi connectivity index (χ0) is 19.2. The molecule has 0 aliphatic heterocycles. The summed E-state index contributed by atoms with van der Waals surface area (Å²) in [5.74, 6) is 7.12. The van der Waals surface area contributed by atoms with Crippen molar-refractivity contribution >= 4 is 17.7 Å². The standard InChI is InChI=1S/C20H23N5OS/c1-14-8-10-17(11-9-14)19-23-24-20(25(19)21)27-13-18(26)22-12-15(2)16-6-4-3-5-7-16/h3-11,15H,12-13,21H2,1-2H3,(H,22,26)/t15-/m1/s1. The molecule has 0 aliphatic carbocycles. The van der Waals surface area contributed by atoms with Gasteiger partial charge in [0.1, 0.15) is 0 Å². The highest BCUT2D eigenvalue weighted by atomic mass is 32.2. The SMILES string of the molecule is Cc1ccc(-c2nnc(SCC(=O)NC[C@@H](C)c3ccccc3)n2N)cc1. The van der Waals surface area contributed by atoms with Crippen LogP contribution in [0, 0.1) is 6.92 Å². The van der Waals surface area contributed by atoms with Crippen LogP contribution in [-0.2, 0) is 4.79 Å². The lowest BCUT2D eigenvalue weighted by atomic mass is 10.0. The maximum Gasteiger partial charge on any atom is 0.230 e. The number of carbonyl (C=O) groups excluding carboxylic acids is 1. The molecule has 6 nitrogen and oxygen atoms in total. The second kappa shape index (κ2) is 8.73. The number of nitrogen functional groups attached to an aromatic ring is 1. The highest BCUT2D eigenvalue weighted by Crippen LogP contribution is 2.21. The summed E-state index contributed by atoms with van der Waals surface area (Å²) in [6, 6.07) is 18.0. The quantitative estimate of drug-likeness (QED) is 0.485. The van der Waals surface area contributed by atoms with Gasteiger partial charge in [-0.1, -0.05) is 78.8 Å². The van der Waals surface area contributed by atoms with E-state index in [-0.39, 0.29) is 17.6 Å². The van der Waals surface area contributed by atoms with Crippen molar-refractivity contribution in [3.8, 4) is 11.4 Å². The number of benzene rings is 2. The van der Waals surface area contributed by atoms with Gasteiger partial charge < -0.3 is 11.2 Å². The van der Waals surface area contributed by atoms with Gasteiger partial charge in [-0.2, -0.15) is 0 Å². The molecule has 3 rings (SSSR count). The van der Waals surface area contributed by atoms with Gasteiger partial charge in [-0.25, -0.2) is 4.68 Å². The number of aromatic nitrogens is 3. The summed E-state index contributed by atoms with van der Waals surface area (Å²) in [6.45, 7) is 4.70. The molecule has 1 heterocycles. The van der Waals surface area contributed by atoms with Gasteiger partial charge in [-0.3, -0.25) is 4.79 Å². The molecule has 0 saturated carbocycles. The Morgan fingerprint density at radius 1 is 1.15 bits per heavy atom. The van der Waals surface area contributed by atoms with Gasteiger partial charge in [0.25, 0.3) is 0 Å². The first-order valence-electron chi connectivity index (χ1n) is 8.76. The molecule has 0 fully saturated rings. The topological polar surface area (TPSA) is 85.8 Å². The van der Waals surface area contributed by atoms with Crippen LogP contribution in [0.5, 0.6) is 0 Å². The largest absolute Gasteiger partial charge is 0.355 e. The Morgan fingerprint density at radius 3 is 2.56 bits per heavy atom. The Morgan fingerprint density at radius 2 is 1.85 bits per heavy atom. The van der Waals surface area contributed by atoms with E-state index in [1.165, 1.54) is 22.0 Å². The van der Waals surface area contributed by atoms with Gasteiger partial charge in [-0.15, -0.1) is 10.2 Å². The Balaban J connectivity index is 1.53. The molecule has 1 aromatic heterocycles. The molecule has 140 valence electrons. The fourth-order valence-corrected chi connectivity index (χ4v) is 3.31. The number of carbonyl (C=O) groups is 1.